The minimum atomic E-state index is -4.93. The highest BCUT2D eigenvalue weighted by Gasteiger charge is 2.60. The number of benzene rings is 1. The third-order valence-corrected chi connectivity index (χ3v) is 5.63. The summed E-state index contributed by atoms with van der Waals surface area (Å²) < 4.78 is 73.5. The molecule has 1 unspecified atom stereocenters. The van der Waals surface area contributed by atoms with Gasteiger partial charge in [0.2, 0.25) is 0 Å². The lowest BCUT2D eigenvalue weighted by molar-refractivity contribution is -0.140. The van der Waals surface area contributed by atoms with Gasteiger partial charge < -0.3 is 14.6 Å². The van der Waals surface area contributed by atoms with E-state index in [1.165, 1.54) is 32.4 Å². The smallest absolute Gasteiger partial charge is 0.435 e. The standard InChI is InChI=1S/C20H15ClF5N5O3/c1-31-12(13-14(10-6-19(10,22)23)29-30-15(13)20(24,25)26)7-27-16(31)17(32)28-8-3-4-9(11(21)5-8)18(33)34-2/h3-5,7,10H,6H2,1-2H3,(H,28,32)(H,29,30). The summed E-state index contributed by atoms with van der Waals surface area (Å²) in [4.78, 5) is 28.2. The monoisotopic (exact) mass is 503 g/mol. The van der Waals surface area contributed by atoms with Crippen molar-refractivity contribution in [2.45, 2.75) is 24.4 Å². The van der Waals surface area contributed by atoms with Crippen LogP contribution in [-0.4, -0.2) is 44.7 Å². The maximum absolute atomic E-state index is 13.6. The summed E-state index contributed by atoms with van der Waals surface area (Å²) in [6.07, 6.45) is -4.57. The molecule has 1 amide bonds. The third-order valence-electron chi connectivity index (χ3n) is 5.32. The van der Waals surface area contributed by atoms with Crippen molar-refractivity contribution in [1.82, 2.24) is 19.7 Å². The molecular formula is C20H15ClF5N5O3. The molecule has 180 valence electrons. The Kier molecular flexibility index (Phi) is 5.62. The molecule has 1 aromatic carbocycles. The Balaban J connectivity index is 1.67. The molecule has 1 atom stereocenters. The van der Waals surface area contributed by atoms with Crippen LogP contribution in [0.15, 0.2) is 24.4 Å². The number of carbonyl (C=O) groups excluding carboxylic acids is 2. The predicted octanol–water partition coefficient (Wildman–Crippen LogP) is 4.64. The quantitative estimate of drug-likeness (QED) is 0.390. The normalized spacial score (nSPS) is 16.9. The van der Waals surface area contributed by atoms with Gasteiger partial charge in [-0.25, -0.2) is 18.6 Å². The van der Waals surface area contributed by atoms with Crippen LogP contribution in [-0.2, 0) is 18.0 Å². The number of halogens is 6. The Bertz CT molecular complexity index is 1300. The molecule has 3 aromatic rings. The zero-order valence-electron chi connectivity index (χ0n) is 17.4. The van der Waals surface area contributed by atoms with Crippen LogP contribution in [0.25, 0.3) is 11.3 Å². The van der Waals surface area contributed by atoms with Crippen molar-refractivity contribution in [2.75, 3.05) is 12.4 Å². The highest BCUT2D eigenvalue weighted by molar-refractivity contribution is 6.34. The summed E-state index contributed by atoms with van der Waals surface area (Å²) in [6.45, 7) is 0. The fourth-order valence-electron chi connectivity index (χ4n) is 3.51. The Morgan fingerprint density at radius 2 is 2.00 bits per heavy atom. The van der Waals surface area contributed by atoms with Gasteiger partial charge >= 0.3 is 12.1 Å². The molecule has 1 fully saturated rings. The highest BCUT2D eigenvalue weighted by atomic mass is 35.5. The zero-order chi connectivity index (χ0) is 25.0. The van der Waals surface area contributed by atoms with Gasteiger partial charge in [-0.2, -0.15) is 18.3 Å². The van der Waals surface area contributed by atoms with Crippen LogP contribution in [0.1, 0.15) is 44.7 Å². The van der Waals surface area contributed by atoms with E-state index in [1.54, 1.807) is 0 Å². The number of alkyl halides is 5. The van der Waals surface area contributed by atoms with Gasteiger partial charge in [0.15, 0.2) is 11.5 Å². The Hall–Kier alpha value is -3.48. The summed E-state index contributed by atoms with van der Waals surface area (Å²) in [7, 11) is 2.44. The number of hydrogen-bond acceptors (Lipinski definition) is 5. The van der Waals surface area contributed by atoms with Gasteiger partial charge in [-0.15, -0.1) is 0 Å². The lowest BCUT2D eigenvalue weighted by Crippen LogP contribution is -2.18. The number of imidazole rings is 1. The molecule has 2 N–H and O–H groups in total. The second-order valence-electron chi connectivity index (χ2n) is 7.54. The van der Waals surface area contributed by atoms with Gasteiger partial charge in [0.05, 0.1) is 46.8 Å². The van der Waals surface area contributed by atoms with E-state index < -0.39 is 47.6 Å². The average Bonchev–Trinajstić information content (AvgIpc) is 3.06. The van der Waals surface area contributed by atoms with Crippen LogP contribution in [0.2, 0.25) is 5.02 Å². The van der Waals surface area contributed by atoms with Gasteiger partial charge in [0.1, 0.15) is 0 Å². The van der Waals surface area contributed by atoms with Gasteiger partial charge in [0.25, 0.3) is 11.8 Å². The zero-order valence-corrected chi connectivity index (χ0v) is 18.2. The lowest BCUT2D eigenvalue weighted by atomic mass is 10.1. The van der Waals surface area contributed by atoms with E-state index in [0.717, 1.165) is 10.8 Å². The number of rotatable bonds is 5. The molecule has 1 aliphatic carbocycles. The first-order valence-corrected chi connectivity index (χ1v) is 9.97. The first-order valence-electron chi connectivity index (χ1n) is 9.59. The molecule has 0 radical (unpaired) electrons. The number of nitrogens with zero attached hydrogens (tertiary/aromatic N) is 3. The average molecular weight is 504 g/mol. The van der Waals surface area contributed by atoms with Gasteiger partial charge in [-0.3, -0.25) is 9.89 Å². The molecule has 8 nitrogen and oxygen atoms in total. The van der Waals surface area contributed by atoms with Gasteiger partial charge in [-0.1, -0.05) is 11.6 Å². The van der Waals surface area contributed by atoms with Crippen LogP contribution < -0.4 is 5.32 Å². The fourth-order valence-corrected chi connectivity index (χ4v) is 3.76. The van der Waals surface area contributed by atoms with Crippen LogP contribution >= 0.6 is 11.6 Å². The summed E-state index contributed by atoms with van der Waals surface area (Å²) >= 11 is 6.02. The number of H-pyrrole nitrogens is 1. The van der Waals surface area contributed by atoms with Gasteiger partial charge in [-0.05, 0) is 18.2 Å². The molecule has 14 heteroatoms. The van der Waals surface area contributed by atoms with Crippen molar-refractivity contribution in [3.63, 3.8) is 0 Å². The third kappa shape index (κ3) is 4.11. The van der Waals surface area contributed by atoms with Crippen LogP contribution in [0, 0.1) is 0 Å². The molecule has 4 rings (SSSR count). The highest BCUT2D eigenvalue weighted by Crippen LogP contribution is 2.58. The predicted molar refractivity (Wildman–Crippen MR) is 109 cm³/mol. The Labute approximate surface area is 193 Å². The maximum atomic E-state index is 13.6. The summed E-state index contributed by atoms with van der Waals surface area (Å²) in [6, 6.07) is 3.96. The van der Waals surface area contributed by atoms with E-state index in [0.29, 0.717) is 0 Å². The van der Waals surface area contributed by atoms with E-state index in [4.69, 9.17) is 11.6 Å². The minimum absolute atomic E-state index is 0.00611. The summed E-state index contributed by atoms with van der Waals surface area (Å²) in [5.41, 5.74) is -2.34. The number of nitrogens with one attached hydrogen (secondary N) is 2. The van der Waals surface area contributed by atoms with E-state index in [-0.39, 0.29) is 33.5 Å². The molecule has 0 saturated heterocycles. The van der Waals surface area contributed by atoms with Crippen LogP contribution in [0.5, 0.6) is 0 Å². The van der Waals surface area contributed by atoms with Crippen molar-refractivity contribution in [2.24, 2.45) is 7.05 Å². The molecule has 0 bridgehead atoms. The minimum Gasteiger partial charge on any atom is -0.465 e. The summed E-state index contributed by atoms with van der Waals surface area (Å²) in [5, 5.41) is 7.76. The SMILES string of the molecule is COC(=O)c1ccc(NC(=O)c2ncc(-c3c(C(F)(F)F)n[nH]c3C3CC3(F)F)n2C)cc1Cl. The maximum Gasteiger partial charge on any atom is 0.435 e. The molecule has 2 aromatic heterocycles. The number of anilines is 1. The van der Waals surface area contributed by atoms with Gasteiger partial charge in [0, 0.05) is 19.2 Å². The molecule has 0 spiro atoms. The second-order valence-corrected chi connectivity index (χ2v) is 7.95. The topological polar surface area (TPSA) is 102 Å². The number of esters is 1. The molecule has 2 heterocycles. The molecule has 1 saturated carbocycles. The van der Waals surface area contributed by atoms with Crippen LogP contribution in [0.3, 0.4) is 0 Å². The van der Waals surface area contributed by atoms with Crippen LogP contribution in [0.4, 0.5) is 27.6 Å². The number of hydrogen-bond donors (Lipinski definition) is 2. The molecular weight excluding hydrogens is 489 g/mol. The summed E-state index contributed by atoms with van der Waals surface area (Å²) in [5.74, 6) is -6.40. The number of amides is 1. The van der Waals surface area contributed by atoms with E-state index in [9.17, 15) is 31.5 Å². The fraction of sp³-hybridized carbons (Fsp3) is 0.300. The first-order chi connectivity index (χ1) is 15.8. The number of aromatic nitrogens is 4. The van der Waals surface area contributed by atoms with Crippen molar-refractivity contribution < 1.29 is 36.3 Å². The van der Waals surface area contributed by atoms with Crippen molar-refractivity contribution in [1.29, 1.82) is 0 Å². The number of aromatic amines is 1. The molecule has 0 aliphatic heterocycles. The first kappa shape index (κ1) is 23.7. The van der Waals surface area contributed by atoms with E-state index >= 15 is 0 Å². The largest absolute Gasteiger partial charge is 0.465 e. The van der Waals surface area contributed by atoms with Crippen molar-refractivity contribution in [3.8, 4) is 11.3 Å². The number of ether oxygens (including phenoxy) is 1. The number of carbonyl (C=O) groups is 2. The molecule has 34 heavy (non-hydrogen) atoms. The van der Waals surface area contributed by atoms with E-state index in [1.807, 2.05) is 0 Å². The Morgan fingerprint density at radius 3 is 2.56 bits per heavy atom. The molecule has 1 aliphatic rings. The number of methoxy groups -OCH3 is 1. The Morgan fingerprint density at radius 1 is 1.32 bits per heavy atom. The van der Waals surface area contributed by atoms with Crippen molar-refractivity contribution in [3.05, 3.63) is 52.2 Å². The van der Waals surface area contributed by atoms with Crippen molar-refractivity contribution >= 4 is 29.2 Å². The lowest BCUT2D eigenvalue weighted by Gasteiger charge is -2.11. The van der Waals surface area contributed by atoms with E-state index in [2.05, 4.69) is 25.2 Å². The second kappa shape index (κ2) is 8.08.